The lowest BCUT2D eigenvalue weighted by Gasteiger charge is -2.28. The van der Waals surface area contributed by atoms with Gasteiger partial charge in [-0.05, 0) is 12.8 Å². The molecule has 0 bridgehead atoms. The van der Waals surface area contributed by atoms with Gasteiger partial charge in [-0.3, -0.25) is 4.98 Å². The van der Waals surface area contributed by atoms with Gasteiger partial charge in [0.05, 0.1) is 30.8 Å². The Morgan fingerprint density at radius 1 is 1.35 bits per heavy atom. The fourth-order valence-corrected chi connectivity index (χ4v) is 2.40. The molecular weight excluding hydrogens is 257 g/mol. The summed E-state index contributed by atoms with van der Waals surface area (Å²) in [6.45, 7) is 7.73. The molecule has 1 aliphatic rings. The van der Waals surface area contributed by atoms with Crippen LogP contribution in [0.25, 0.3) is 0 Å². The van der Waals surface area contributed by atoms with Crippen LogP contribution in [0.1, 0.15) is 32.4 Å². The average molecular weight is 281 g/mol. The van der Waals surface area contributed by atoms with Crippen molar-refractivity contribution in [2.75, 3.05) is 31.2 Å². The molecule has 1 aliphatic heterocycles. The number of nitrogens with one attached hydrogen (secondary N) is 1. The molecule has 0 spiro atoms. The van der Waals surface area contributed by atoms with Crippen molar-refractivity contribution in [2.45, 2.75) is 39.3 Å². The van der Waals surface area contributed by atoms with Crippen LogP contribution in [-0.2, 0) is 11.3 Å². The summed E-state index contributed by atoms with van der Waals surface area (Å²) in [5.41, 5.74) is 1.34. The summed E-state index contributed by atoms with van der Waals surface area (Å²) in [4.78, 5) is 6.38. The fraction of sp³-hybridized carbons (Fsp3) is 0.667. The van der Waals surface area contributed by atoms with Crippen molar-refractivity contribution in [2.24, 2.45) is 0 Å². The largest absolute Gasteiger partial charge is 0.378 e. The highest BCUT2D eigenvalue weighted by molar-refractivity contribution is 5.45. The van der Waals surface area contributed by atoms with Gasteiger partial charge >= 0.3 is 0 Å². The lowest BCUT2D eigenvalue weighted by atomic mass is 10.1. The summed E-state index contributed by atoms with van der Waals surface area (Å²) in [6, 6.07) is 2.01. The van der Waals surface area contributed by atoms with Crippen molar-refractivity contribution < 1.29 is 9.13 Å². The van der Waals surface area contributed by atoms with Gasteiger partial charge in [-0.2, -0.15) is 0 Å². The summed E-state index contributed by atoms with van der Waals surface area (Å²) >= 11 is 0. The van der Waals surface area contributed by atoms with Crippen LogP contribution in [-0.4, -0.2) is 37.3 Å². The Morgan fingerprint density at radius 2 is 2.05 bits per heavy atom. The molecule has 20 heavy (non-hydrogen) atoms. The molecule has 1 aromatic rings. The number of halogens is 1. The number of hydrogen-bond donors (Lipinski definition) is 1. The van der Waals surface area contributed by atoms with E-state index in [0.29, 0.717) is 31.5 Å². The van der Waals surface area contributed by atoms with Crippen molar-refractivity contribution in [1.82, 2.24) is 10.3 Å². The second-order valence-electron chi connectivity index (χ2n) is 5.12. The van der Waals surface area contributed by atoms with Crippen LogP contribution in [0, 0.1) is 5.82 Å². The maximum atomic E-state index is 14.1. The van der Waals surface area contributed by atoms with E-state index >= 15 is 0 Å². The number of anilines is 1. The molecule has 2 heterocycles. The first-order valence-electron chi connectivity index (χ1n) is 7.45. The van der Waals surface area contributed by atoms with Crippen LogP contribution >= 0.6 is 0 Å². The molecule has 0 aliphatic carbocycles. The van der Waals surface area contributed by atoms with Crippen molar-refractivity contribution in [3.8, 4) is 0 Å². The maximum Gasteiger partial charge on any atom is 0.148 e. The molecule has 2 rings (SSSR count). The van der Waals surface area contributed by atoms with Gasteiger partial charge in [0.25, 0.3) is 0 Å². The fourth-order valence-electron chi connectivity index (χ4n) is 2.40. The lowest BCUT2D eigenvalue weighted by Crippen LogP contribution is -2.36. The van der Waals surface area contributed by atoms with Gasteiger partial charge < -0.3 is 15.0 Å². The van der Waals surface area contributed by atoms with Crippen molar-refractivity contribution in [3.05, 3.63) is 23.8 Å². The van der Waals surface area contributed by atoms with E-state index in [9.17, 15) is 4.39 Å². The van der Waals surface area contributed by atoms with Gasteiger partial charge in [-0.15, -0.1) is 0 Å². The van der Waals surface area contributed by atoms with Crippen LogP contribution in [0.4, 0.5) is 10.1 Å². The lowest BCUT2D eigenvalue weighted by molar-refractivity contribution is 0.122. The summed E-state index contributed by atoms with van der Waals surface area (Å²) in [7, 11) is 0. The third kappa shape index (κ3) is 3.90. The molecule has 0 unspecified atom stereocenters. The summed E-state index contributed by atoms with van der Waals surface area (Å²) in [6.07, 6.45) is 3.85. The molecular formula is C15H24FN3O. The predicted octanol–water partition coefficient (Wildman–Crippen LogP) is 2.34. The maximum absolute atomic E-state index is 14.1. The Balaban J connectivity index is 1.98. The minimum atomic E-state index is -0.229. The number of hydrogen-bond acceptors (Lipinski definition) is 4. The zero-order valence-electron chi connectivity index (χ0n) is 12.4. The predicted molar refractivity (Wildman–Crippen MR) is 78.4 cm³/mol. The monoisotopic (exact) mass is 281 g/mol. The molecule has 1 saturated heterocycles. The zero-order valence-corrected chi connectivity index (χ0v) is 12.4. The van der Waals surface area contributed by atoms with E-state index in [4.69, 9.17) is 4.74 Å². The van der Waals surface area contributed by atoms with Crippen molar-refractivity contribution in [1.29, 1.82) is 0 Å². The number of pyridine rings is 1. The van der Waals surface area contributed by atoms with E-state index in [2.05, 4.69) is 29.0 Å². The Labute approximate surface area is 120 Å². The van der Waals surface area contributed by atoms with Crippen LogP contribution in [0.5, 0.6) is 0 Å². The van der Waals surface area contributed by atoms with Gasteiger partial charge in [0, 0.05) is 31.7 Å². The smallest absolute Gasteiger partial charge is 0.148 e. The Morgan fingerprint density at radius 3 is 2.65 bits per heavy atom. The minimum absolute atomic E-state index is 0.229. The highest BCUT2D eigenvalue weighted by Crippen LogP contribution is 2.17. The van der Waals surface area contributed by atoms with Gasteiger partial charge in [0.15, 0.2) is 0 Å². The first-order chi connectivity index (χ1) is 9.74. The van der Waals surface area contributed by atoms with E-state index < -0.39 is 0 Å². The second-order valence-corrected chi connectivity index (χ2v) is 5.12. The normalized spacial score (nSPS) is 15.9. The number of aromatic nitrogens is 1. The average Bonchev–Trinajstić information content (AvgIpc) is 2.50. The zero-order chi connectivity index (χ0) is 14.4. The third-order valence-corrected chi connectivity index (χ3v) is 3.82. The Kier molecular flexibility index (Phi) is 5.73. The molecule has 0 aromatic carbocycles. The van der Waals surface area contributed by atoms with Crippen molar-refractivity contribution in [3.63, 3.8) is 0 Å². The molecule has 0 atom stereocenters. The highest BCUT2D eigenvalue weighted by Gasteiger charge is 2.14. The first-order valence-corrected chi connectivity index (χ1v) is 7.45. The number of nitrogens with zero attached hydrogens (tertiary/aromatic N) is 2. The van der Waals surface area contributed by atoms with E-state index in [1.54, 1.807) is 12.3 Å². The van der Waals surface area contributed by atoms with E-state index in [0.717, 1.165) is 31.6 Å². The van der Waals surface area contributed by atoms with Gasteiger partial charge in [-0.1, -0.05) is 13.8 Å². The molecule has 112 valence electrons. The number of ether oxygens (including phenoxy) is 1. The molecule has 0 radical (unpaired) electrons. The Hall–Kier alpha value is -1.20. The van der Waals surface area contributed by atoms with Gasteiger partial charge in [0.2, 0.25) is 0 Å². The number of morpholine rings is 1. The summed E-state index contributed by atoms with van der Waals surface area (Å²) in [5, 5.41) is 3.34. The standard InChI is InChI=1S/C15H24FN3O/c1-3-12(4-2)17-11-15-14(16)9-13(10-18-15)19-5-7-20-8-6-19/h9-10,12,17H,3-8,11H2,1-2H3. The highest BCUT2D eigenvalue weighted by atomic mass is 19.1. The van der Waals surface area contributed by atoms with Gasteiger partial charge in [0.1, 0.15) is 5.82 Å². The topological polar surface area (TPSA) is 37.4 Å². The van der Waals surface area contributed by atoms with E-state index in [1.165, 1.54) is 0 Å². The van der Waals surface area contributed by atoms with Gasteiger partial charge in [-0.25, -0.2) is 4.39 Å². The SMILES string of the molecule is CCC(CC)NCc1ncc(N2CCOCC2)cc1F. The molecule has 0 saturated carbocycles. The summed E-state index contributed by atoms with van der Waals surface area (Å²) in [5.74, 6) is -0.229. The number of rotatable bonds is 6. The molecule has 1 N–H and O–H groups in total. The molecule has 4 nitrogen and oxygen atoms in total. The first kappa shape index (κ1) is 15.2. The molecule has 0 amide bonds. The van der Waals surface area contributed by atoms with Crippen LogP contribution in [0.3, 0.4) is 0 Å². The Bertz CT molecular complexity index is 418. The molecule has 5 heteroatoms. The molecule has 1 fully saturated rings. The van der Waals surface area contributed by atoms with Crippen molar-refractivity contribution >= 4 is 5.69 Å². The minimum Gasteiger partial charge on any atom is -0.378 e. The van der Waals surface area contributed by atoms with E-state index in [1.807, 2.05) is 0 Å². The second kappa shape index (κ2) is 7.55. The van der Waals surface area contributed by atoms with Crippen LogP contribution in [0.15, 0.2) is 12.3 Å². The summed E-state index contributed by atoms with van der Waals surface area (Å²) < 4.78 is 19.4. The third-order valence-electron chi connectivity index (χ3n) is 3.82. The molecule has 1 aromatic heterocycles. The van der Waals surface area contributed by atoms with Crippen LogP contribution < -0.4 is 10.2 Å². The van der Waals surface area contributed by atoms with E-state index in [-0.39, 0.29) is 5.82 Å². The quantitative estimate of drug-likeness (QED) is 0.868. The van der Waals surface area contributed by atoms with Crippen LogP contribution in [0.2, 0.25) is 0 Å².